The summed E-state index contributed by atoms with van der Waals surface area (Å²) in [4.78, 5) is 25.5. The van der Waals surface area contributed by atoms with Crippen LogP contribution in [0.4, 0.5) is 0 Å². The number of ether oxygens (including phenoxy) is 1. The Hall–Kier alpha value is -1.82. The normalized spacial score (nSPS) is 12.7. The molecule has 0 spiro atoms. The standard InChI is InChI=1S/C30H42O5.Na.H/c1-27(2,3)19-15-18(16-20(23(19)31)28(4,5)6)26(34)35-24-21(29(7,8)9)13-17(25(32)33)14-22(24)30(10,11)12;;/h13-16,31H,1-12H3,(H,32,33);;. The molecule has 2 rings (SSSR count). The zero-order valence-corrected chi connectivity index (χ0v) is 23.4. The average Bonchev–Trinajstić information content (AvgIpc) is 2.64. The number of phenolic OH excluding ortho intramolecular Hbond substituents is 1. The number of aromatic carboxylic acids is 1. The number of carbonyl (C=O) groups is 2. The molecule has 2 N–H and O–H groups in total. The molecular weight excluding hydrogens is 463 g/mol. The Morgan fingerprint density at radius 3 is 1.19 bits per heavy atom. The average molecular weight is 507 g/mol. The van der Waals surface area contributed by atoms with Gasteiger partial charge in [-0.1, -0.05) is 83.1 Å². The molecule has 0 radical (unpaired) electrons. The second kappa shape index (κ2) is 10.5. The fourth-order valence-electron chi connectivity index (χ4n) is 4.02. The van der Waals surface area contributed by atoms with E-state index in [9.17, 15) is 19.8 Å². The summed E-state index contributed by atoms with van der Waals surface area (Å²) in [6.45, 7) is 23.7. The van der Waals surface area contributed by atoms with Crippen molar-refractivity contribution in [1.29, 1.82) is 0 Å². The second-order valence-electron chi connectivity index (χ2n) is 13.5. The van der Waals surface area contributed by atoms with Gasteiger partial charge in [0.2, 0.25) is 0 Å². The minimum atomic E-state index is -1.03. The van der Waals surface area contributed by atoms with Gasteiger partial charge in [0, 0.05) is 22.3 Å². The van der Waals surface area contributed by atoms with E-state index < -0.39 is 33.6 Å². The molecule has 0 atom stereocenters. The van der Waals surface area contributed by atoms with Crippen molar-refractivity contribution in [3.05, 3.63) is 57.6 Å². The molecule has 0 aliphatic heterocycles. The molecule has 0 amide bonds. The predicted molar refractivity (Wildman–Crippen MR) is 148 cm³/mol. The van der Waals surface area contributed by atoms with E-state index in [1.807, 2.05) is 83.1 Å². The fraction of sp³-hybridized carbons (Fsp3) is 0.533. The number of hydrogen-bond donors (Lipinski definition) is 2. The second-order valence-corrected chi connectivity index (χ2v) is 13.5. The van der Waals surface area contributed by atoms with Crippen LogP contribution in [0.5, 0.6) is 11.5 Å². The minimum absolute atomic E-state index is 0. The fourth-order valence-corrected chi connectivity index (χ4v) is 4.02. The number of phenols is 1. The first-order valence-electron chi connectivity index (χ1n) is 12.1. The van der Waals surface area contributed by atoms with Crippen molar-refractivity contribution in [1.82, 2.24) is 0 Å². The van der Waals surface area contributed by atoms with Crippen LogP contribution in [-0.4, -0.2) is 51.7 Å². The molecule has 0 fully saturated rings. The molecule has 2 aromatic rings. The third-order valence-corrected chi connectivity index (χ3v) is 6.11. The van der Waals surface area contributed by atoms with Crippen LogP contribution in [0, 0.1) is 0 Å². The molecule has 0 aliphatic rings. The van der Waals surface area contributed by atoms with E-state index in [0.717, 1.165) is 0 Å². The predicted octanol–water partition coefficient (Wildman–Crippen LogP) is 6.85. The van der Waals surface area contributed by atoms with Gasteiger partial charge in [0.15, 0.2) is 0 Å². The van der Waals surface area contributed by atoms with Crippen LogP contribution < -0.4 is 4.74 Å². The Morgan fingerprint density at radius 2 is 0.917 bits per heavy atom. The van der Waals surface area contributed by atoms with E-state index in [2.05, 4.69) is 0 Å². The summed E-state index contributed by atoms with van der Waals surface area (Å²) in [6.07, 6.45) is 0. The van der Waals surface area contributed by atoms with E-state index in [4.69, 9.17) is 4.74 Å². The van der Waals surface area contributed by atoms with Gasteiger partial charge in [0.25, 0.3) is 0 Å². The van der Waals surface area contributed by atoms with Crippen LogP contribution in [0.25, 0.3) is 0 Å². The number of esters is 1. The van der Waals surface area contributed by atoms with Crippen LogP contribution in [0.3, 0.4) is 0 Å². The maximum absolute atomic E-state index is 13.6. The number of aromatic hydroxyl groups is 1. The summed E-state index contributed by atoms with van der Waals surface area (Å²) in [7, 11) is 0. The van der Waals surface area contributed by atoms with Crippen molar-refractivity contribution in [2.45, 2.75) is 105 Å². The van der Waals surface area contributed by atoms with Gasteiger partial charge in [-0.25, -0.2) is 9.59 Å². The molecule has 0 unspecified atom stereocenters. The molecule has 194 valence electrons. The molecule has 0 saturated carbocycles. The summed E-state index contributed by atoms with van der Waals surface area (Å²) in [5.74, 6) is -0.983. The zero-order chi connectivity index (χ0) is 27.3. The van der Waals surface area contributed by atoms with Crippen molar-refractivity contribution < 1.29 is 24.5 Å². The van der Waals surface area contributed by atoms with Crippen LogP contribution in [-0.2, 0) is 21.7 Å². The third-order valence-electron chi connectivity index (χ3n) is 6.11. The van der Waals surface area contributed by atoms with E-state index in [1.165, 1.54) is 0 Å². The molecule has 5 nitrogen and oxygen atoms in total. The number of hydrogen-bond acceptors (Lipinski definition) is 4. The van der Waals surface area contributed by atoms with Crippen molar-refractivity contribution >= 4 is 41.5 Å². The molecule has 0 heterocycles. The molecule has 0 bridgehead atoms. The van der Waals surface area contributed by atoms with Gasteiger partial charge in [-0.15, -0.1) is 0 Å². The van der Waals surface area contributed by atoms with Gasteiger partial charge >= 0.3 is 41.5 Å². The molecule has 0 saturated heterocycles. The topological polar surface area (TPSA) is 83.8 Å². The maximum atomic E-state index is 13.6. The molecule has 0 aromatic heterocycles. The number of benzene rings is 2. The first-order chi connectivity index (χ1) is 15.5. The van der Waals surface area contributed by atoms with Gasteiger partial charge in [-0.3, -0.25) is 0 Å². The Bertz CT molecular complexity index is 1080. The van der Waals surface area contributed by atoms with Gasteiger partial charge < -0.3 is 14.9 Å². The Labute approximate surface area is 238 Å². The van der Waals surface area contributed by atoms with Gasteiger partial charge in [-0.05, 0) is 45.9 Å². The van der Waals surface area contributed by atoms with Crippen molar-refractivity contribution in [2.24, 2.45) is 0 Å². The Kier molecular flexibility index (Phi) is 9.40. The summed E-state index contributed by atoms with van der Waals surface area (Å²) < 4.78 is 6.11. The summed E-state index contributed by atoms with van der Waals surface area (Å²) in [5, 5.41) is 20.8. The molecule has 36 heavy (non-hydrogen) atoms. The Balaban J connectivity index is 0.00000648. The van der Waals surface area contributed by atoms with E-state index >= 15 is 0 Å². The van der Waals surface area contributed by atoms with Crippen molar-refractivity contribution in [3.63, 3.8) is 0 Å². The molecule has 0 aliphatic carbocycles. The quantitative estimate of drug-likeness (QED) is 0.270. The van der Waals surface area contributed by atoms with Crippen LogP contribution >= 0.6 is 0 Å². The number of carboxylic acid groups (broad SMARTS) is 1. The molecule has 6 heteroatoms. The van der Waals surface area contributed by atoms with E-state index in [0.29, 0.717) is 33.6 Å². The number of carbonyl (C=O) groups excluding carboxylic acids is 1. The number of carboxylic acids is 1. The molecular formula is C30H43NaO5. The SMILES string of the molecule is CC(C)(C)c1cc(C(=O)Oc2c(C(C)(C)C)cc(C(=O)O)cc2C(C)(C)C)cc(C(C)(C)C)c1O.[NaH]. The van der Waals surface area contributed by atoms with Crippen LogP contribution in [0.2, 0.25) is 0 Å². The number of rotatable bonds is 3. The van der Waals surface area contributed by atoms with E-state index in [1.54, 1.807) is 24.3 Å². The van der Waals surface area contributed by atoms with Crippen LogP contribution in [0.15, 0.2) is 24.3 Å². The zero-order valence-electron chi connectivity index (χ0n) is 23.4. The van der Waals surface area contributed by atoms with E-state index in [-0.39, 0.29) is 40.9 Å². The molecule has 2 aromatic carbocycles. The van der Waals surface area contributed by atoms with Gasteiger partial charge in [0.05, 0.1) is 11.1 Å². The summed E-state index contributed by atoms with van der Waals surface area (Å²) in [5.41, 5.74) is 1.44. The van der Waals surface area contributed by atoms with Crippen molar-refractivity contribution in [2.75, 3.05) is 0 Å². The summed E-state index contributed by atoms with van der Waals surface area (Å²) >= 11 is 0. The third kappa shape index (κ3) is 7.14. The first-order valence-corrected chi connectivity index (χ1v) is 12.1. The first kappa shape index (κ1) is 32.2. The summed E-state index contributed by atoms with van der Waals surface area (Å²) in [6, 6.07) is 6.59. The van der Waals surface area contributed by atoms with Crippen LogP contribution in [0.1, 0.15) is 126 Å². The van der Waals surface area contributed by atoms with Gasteiger partial charge in [0.1, 0.15) is 11.5 Å². The van der Waals surface area contributed by atoms with Gasteiger partial charge in [-0.2, -0.15) is 0 Å². The monoisotopic (exact) mass is 506 g/mol. The Morgan fingerprint density at radius 1 is 0.611 bits per heavy atom. The van der Waals surface area contributed by atoms with Crippen molar-refractivity contribution in [3.8, 4) is 11.5 Å².